The van der Waals surface area contributed by atoms with Gasteiger partial charge in [0, 0.05) is 24.9 Å². The quantitative estimate of drug-likeness (QED) is 0.0543. The molecule has 5 aromatic carbocycles. The van der Waals surface area contributed by atoms with Gasteiger partial charge in [-0.2, -0.15) is 0 Å². The minimum Gasteiger partial charge on any atom is -0.497 e. The third-order valence-electron chi connectivity index (χ3n) is 13.9. The third-order valence-corrected chi connectivity index (χ3v) is 17.6. The van der Waals surface area contributed by atoms with E-state index in [1.165, 1.54) is 0 Å². The molecule has 3 aliphatic heterocycles. The summed E-state index contributed by atoms with van der Waals surface area (Å²) in [4.78, 5) is 13.7. The van der Waals surface area contributed by atoms with Crippen LogP contribution >= 0.6 is 0 Å². The highest BCUT2D eigenvalue weighted by atomic mass is 28.4. The molecule has 3 aliphatic rings. The second kappa shape index (κ2) is 23.3. The number of benzene rings is 5. The average Bonchev–Trinajstić information content (AvgIpc) is 3.95. The van der Waals surface area contributed by atoms with Crippen LogP contribution < -0.4 is 20.4 Å². The zero-order valence-corrected chi connectivity index (χ0v) is 43.3. The summed E-state index contributed by atoms with van der Waals surface area (Å²) in [6, 6.07) is 47.8. The first-order chi connectivity index (χ1) is 34.2. The topological polar surface area (TPSA) is 123 Å². The Morgan fingerprint density at radius 1 is 0.789 bits per heavy atom. The van der Waals surface area contributed by atoms with E-state index in [-0.39, 0.29) is 31.6 Å². The molecule has 2 N–H and O–H groups in total. The molecular weight excluding hydrogens is 911 g/mol. The van der Waals surface area contributed by atoms with Gasteiger partial charge >= 0.3 is 8.56 Å². The van der Waals surface area contributed by atoms with Crippen LogP contribution in [0.1, 0.15) is 90.7 Å². The molecule has 9 atom stereocenters. The van der Waals surface area contributed by atoms with Gasteiger partial charge in [0.25, 0.3) is 0 Å². The van der Waals surface area contributed by atoms with Crippen LogP contribution in [0.4, 0.5) is 5.69 Å². The number of amides is 1. The van der Waals surface area contributed by atoms with E-state index in [1.54, 1.807) is 7.11 Å². The van der Waals surface area contributed by atoms with Crippen LogP contribution in [-0.2, 0) is 50.5 Å². The van der Waals surface area contributed by atoms with Crippen LogP contribution in [0.25, 0.3) is 0 Å². The van der Waals surface area contributed by atoms with E-state index in [4.69, 9.17) is 37.3 Å². The fourth-order valence-electron chi connectivity index (χ4n) is 10.4. The summed E-state index contributed by atoms with van der Waals surface area (Å²) < 4.78 is 55.5. The van der Waals surface area contributed by atoms with Gasteiger partial charge in [-0.1, -0.05) is 135 Å². The number of nitrogens with one attached hydrogen (secondary N) is 1. The highest BCUT2D eigenvalue weighted by Gasteiger charge is 2.61. The second-order valence-electron chi connectivity index (χ2n) is 20.7. The van der Waals surface area contributed by atoms with E-state index < -0.39 is 62.0 Å². The van der Waals surface area contributed by atoms with E-state index in [0.717, 1.165) is 51.4 Å². The summed E-state index contributed by atoms with van der Waals surface area (Å²) in [5.74, 6) is -0.738. The zero-order valence-electron chi connectivity index (χ0n) is 42.3. The maximum atomic E-state index is 13.7. The number of hydrogen-bond donors (Lipinski definition) is 2. The number of carbonyl (C=O) groups is 1. The van der Waals surface area contributed by atoms with Gasteiger partial charge in [-0.25, -0.2) is 0 Å². The number of aliphatic hydroxyl groups excluding tert-OH is 1. The van der Waals surface area contributed by atoms with Crippen molar-refractivity contribution in [2.24, 2.45) is 5.92 Å². The van der Waals surface area contributed by atoms with Crippen LogP contribution in [0.5, 0.6) is 5.75 Å². The molecule has 3 heterocycles. The number of aliphatic hydroxyl groups is 1. The van der Waals surface area contributed by atoms with Crippen molar-refractivity contribution in [1.29, 1.82) is 0 Å². The summed E-state index contributed by atoms with van der Waals surface area (Å²) >= 11 is 0. The van der Waals surface area contributed by atoms with Crippen molar-refractivity contribution in [1.82, 2.24) is 0 Å². The monoisotopic (exact) mass is 984 g/mol. The Labute approximate surface area is 422 Å². The van der Waals surface area contributed by atoms with Crippen molar-refractivity contribution in [2.45, 2.75) is 146 Å². The van der Waals surface area contributed by atoms with Crippen molar-refractivity contribution in [3.05, 3.63) is 169 Å². The molecule has 0 radical (unpaired) electrons. The highest BCUT2D eigenvalue weighted by Crippen LogP contribution is 2.48. The SMILES string of the molecule is C=C(COCc1ccccc1)C[C@@H](O)[C@H]1O[C@@](C)([C@@H](O[Si](OC(C)(C)C)(c2ccccc2)c2ccccc2)[C@@H]2CC[C@]3(CCC[C@@H]([C@@H](C)C(=O)Nc4ccccc4)O3)O2)C[C@H]1OCc1ccc(OC)cc1. The summed E-state index contributed by atoms with van der Waals surface area (Å²) in [7, 11) is -2.05. The highest BCUT2D eigenvalue weighted by molar-refractivity contribution is 6.92. The molecule has 3 saturated heterocycles. The van der Waals surface area contributed by atoms with Crippen LogP contribution in [0.3, 0.4) is 0 Å². The Morgan fingerprint density at radius 3 is 2.00 bits per heavy atom. The van der Waals surface area contributed by atoms with Gasteiger partial charge < -0.3 is 47.7 Å². The standard InChI is InChI=1S/C59H73NO10Si/c1-42(39-64-40-44-21-12-8-13-22-44)37-50(61)54-53(65-41-45-30-32-47(63-7)33-31-45)38-58(6,68-54)55(69-71(70-57(3,4)5,48-25-16-10-17-26-48)49-27-18-11-19-28-49)52-34-36-59(67-52)35-20-29-51(66-59)43(2)56(62)60-46-23-14-9-15-24-46/h8-19,21-28,30-33,43,50-55,61H,1,20,29,34-41H2,2-7H3,(H,60,62)/t43-,50-,51+,52+,53-,54-,55+,58-,59+/m1/s1. The maximum Gasteiger partial charge on any atom is 0.407 e. The Hall–Kier alpha value is -4.99. The third kappa shape index (κ3) is 13.2. The summed E-state index contributed by atoms with van der Waals surface area (Å²) in [5, 5.41) is 17.3. The van der Waals surface area contributed by atoms with Crippen LogP contribution in [0.2, 0.25) is 0 Å². The number of ether oxygens (including phenoxy) is 6. The van der Waals surface area contributed by atoms with Gasteiger partial charge in [-0.15, -0.1) is 0 Å². The number of methoxy groups -OCH3 is 1. The Morgan fingerprint density at radius 2 is 1.38 bits per heavy atom. The smallest absolute Gasteiger partial charge is 0.407 e. The number of rotatable bonds is 21. The largest absolute Gasteiger partial charge is 0.497 e. The molecule has 0 saturated carbocycles. The fourth-order valence-corrected chi connectivity index (χ4v) is 14.1. The predicted octanol–water partition coefficient (Wildman–Crippen LogP) is 9.83. The van der Waals surface area contributed by atoms with Gasteiger partial charge in [0.15, 0.2) is 5.79 Å². The van der Waals surface area contributed by atoms with Crippen molar-refractivity contribution >= 4 is 30.5 Å². The lowest BCUT2D eigenvalue weighted by Crippen LogP contribution is -2.70. The first-order valence-corrected chi connectivity index (χ1v) is 27.1. The first kappa shape index (κ1) is 52.3. The molecule has 1 spiro atoms. The first-order valence-electron chi connectivity index (χ1n) is 25.3. The summed E-state index contributed by atoms with van der Waals surface area (Å²) in [6.07, 6.45) is -0.0171. The lowest BCUT2D eigenvalue weighted by Gasteiger charge is -2.46. The van der Waals surface area contributed by atoms with Crippen molar-refractivity contribution in [3.63, 3.8) is 0 Å². The number of hydrogen-bond acceptors (Lipinski definition) is 10. The average molecular weight is 984 g/mol. The van der Waals surface area contributed by atoms with E-state index >= 15 is 0 Å². The molecule has 11 nitrogen and oxygen atoms in total. The van der Waals surface area contributed by atoms with E-state index in [1.807, 2.05) is 128 Å². The van der Waals surface area contributed by atoms with E-state index in [9.17, 15) is 9.90 Å². The Kier molecular flexibility index (Phi) is 17.1. The fraction of sp³-hybridized carbons (Fsp3) is 0.441. The molecule has 0 aliphatic carbocycles. The van der Waals surface area contributed by atoms with Gasteiger partial charge in [-0.3, -0.25) is 4.79 Å². The molecular formula is C59H73NO10Si. The van der Waals surface area contributed by atoms with Gasteiger partial charge in [0.1, 0.15) is 18.0 Å². The lowest BCUT2D eigenvalue weighted by molar-refractivity contribution is -0.290. The van der Waals surface area contributed by atoms with E-state index in [2.05, 4.69) is 63.9 Å². The van der Waals surface area contributed by atoms with Gasteiger partial charge in [-0.05, 0) is 105 Å². The number of anilines is 1. The molecule has 1 amide bonds. The van der Waals surface area contributed by atoms with E-state index in [0.29, 0.717) is 32.3 Å². The number of para-hydroxylation sites is 1. The second-order valence-corrected chi connectivity index (χ2v) is 23.5. The minimum absolute atomic E-state index is 0.0996. The van der Waals surface area contributed by atoms with Crippen LogP contribution in [0, 0.1) is 5.92 Å². The molecule has 12 heteroatoms. The lowest BCUT2D eigenvalue weighted by atomic mass is 9.88. The molecule has 8 rings (SSSR count). The molecule has 3 fully saturated rings. The van der Waals surface area contributed by atoms with Gasteiger partial charge in [0.05, 0.1) is 68.5 Å². The summed E-state index contributed by atoms with van der Waals surface area (Å²) in [5.41, 5.74) is 1.75. The van der Waals surface area contributed by atoms with Gasteiger partial charge in [0.2, 0.25) is 5.91 Å². The van der Waals surface area contributed by atoms with Crippen molar-refractivity contribution in [2.75, 3.05) is 19.0 Å². The molecule has 0 unspecified atom stereocenters. The molecule has 0 bridgehead atoms. The molecule has 378 valence electrons. The zero-order chi connectivity index (χ0) is 50.1. The van der Waals surface area contributed by atoms with Crippen molar-refractivity contribution < 1.29 is 47.2 Å². The predicted molar refractivity (Wildman–Crippen MR) is 279 cm³/mol. The molecule has 0 aromatic heterocycles. The molecule has 71 heavy (non-hydrogen) atoms. The maximum absolute atomic E-state index is 13.7. The number of carbonyl (C=O) groups excluding carboxylic acids is 1. The van der Waals surface area contributed by atoms with Crippen LogP contribution in [0.15, 0.2) is 158 Å². The van der Waals surface area contributed by atoms with Crippen LogP contribution in [-0.4, -0.2) is 86.9 Å². The normalized spacial score (nSPS) is 24.8. The van der Waals surface area contributed by atoms with Crippen molar-refractivity contribution in [3.8, 4) is 5.75 Å². The Bertz CT molecular complexity index is 2420. The Balaban J connectivity index is 1.13. The minimum atomic E-state index is -3.69. The summed E-state index contributed by atoms with van der Waals surface area (Å²) in [6.45, 7) is 15.5. The molecule has 5 aromatic rings.